The molecular weight excluding hydrogens is 254 g/mol. The fourth-order valence-corrected chi connectivity index (χ4v) is 2.69. The third kappa shape index (κ3) is 2.92. The summed E-state index contributed by atoms with van der Waals surface area (Å²) in [6.07, 6.45) is 2.10. The van der Waals surface area contributed by atoms with Crippen molar-refractivity contribution in [3.8, 4) is 0 Å². The maximum atomic E-state index is 12.7. The first kappa shape index (κ1) is 14.4. The minimum absolute atomic E-state index is 0.0545. The fraction of sp³-hybridized carbons (Fsp3) is 0.467. The van der Waals surface area contributed by atoms with Gasteiger partial charge < -0.3 is 15.8 Å². The molecule has 2 atom stereocenters. The molecule has 5 nitrogen and oxygen atoms in total. The molecule has 1 heterocycles. The Morgan fingerprint density at radius 1 is 1.50 bits per heavy atom. The van der Waals surface area contributed by atoms with Gasteiger partial charge in [-0.25, -0.2) is 0 Å². The van der Waals surface area contributed by atoms with Crippen molar-refractivity contribution in [2.75, 3.05) is 13.1 Å². The van der Waals surface area contributed by atoms with Crippen molar-refractivity contribution in [1.29, 1.82) is 0 Å². The summed E-state index contributed by atoms with van der Waals surface area (Å²) in [6.45, 7) is 3.65. The predicted molar refractivity (Wildman–Crippen MR) is 77.6 cm³/mol. The minimum Gasteiger partial charge on any atom is -0.409 e. The normalized spacial score (nSPS) is 20.9. The van der Waals surface area contributed by atoms with Crippen molar-refractivity contribution >= 4 is 11.7 Å². The van der Waals surface area contributed by atoms with Gasteiger partial charge in [0, 0.05) is 13.1 Å². The van der Waals surface area contributed by atoms with Gasteiger partial charge in [-0.15, -0.1) is 0 Å². The Bertz CT molecular complexity index is 487. The number of hydrogen-bond acceptors (Lipinski definition) is 3. The first-order valence-corrected chi connectivity index (χ1v) is 6.98. The first-order chi connectivity index (χ1) is 9.67. The van der Waals surface area contributed by atoms with Crippen molar-refractivity contribution in [1.82, 2.24) is 4.90 Å². The van der Waals surface area contributed by atoms with Crippen LogP contribution in [-0.2, 0) is 4.79 Å². The molecule has 0 saturated carbocycles. The molecule has 2 unspecified atom stereocenters. The summed E-state index contributed by atoms with van der Waals surface area (Å²) in [4.78, 5) is 14.5. The molecule has 1 aliphatic rings. The Hall–Kier alpha value is -2.04. The number of nitrogens with zero attached hydrogens (tertiary/aromatic N) is 2. The number of rotatable bonds is 4. The lowest BCUT2D eigenvalue weighted by molar-refractivity contribution is -0.130. The quantitative estimate of drug-likeness (QED) is 0.380. The largest absolute Gasteiger partial charge is 0.409 e. The topological polar surface area (TPSA) is 78.9 Å². The number of hydrogen-bond donors (Lipinski definition) is 2. The van der Waals surface area contributed by atoms with E-state index in [4.69, 9.17) is 10.9 Å². The number of amides is 1. The SMILES string of the molecule is CCC1CCN(C(=O)C(/C(N)=N/O)c2ccccc2)C1. The van der Waals surface area contributed by atoms with E-state index in [-0.39, 0.29) is 11.7 Å². The van der Waals surface area contributed by atoms with Gasteiger partial charge in [-0.3, -0.25) is 4.79 Å². The molecule has 0 aromatic heterocycles. The zero-order valence-corrected chi connectivity index (χ0v) is 11.7. The average molecular weight is 275 g/mol. The van der Waals surface area contributed by atoms with E-state index in [1.807, 2.05) is 35.2 Å². The van der Waals surface area contributed by atoms with Crippen LogP contribution in [0, 0.1) is 5.92 Å². The van der Waals surface area contributed by atoms with E-state index < -0.39 is 5.92 Å². The van der Waals surface area contributed by atoms with Gasteiger partial charge in [-0.05, 0) is 17.9 Å². The molecule has 108 valence electrons. The monoisotopic (exact) mass is 275 g/mol. The number of oxime groups is 1. The summed E-state index contributed by atoms with van der Waals surface area (Å²) in [5, 5.41) is 12.0. The van der Waals surface area contributed by atoms with E-state index in [1.165, 1.54) is 0 Å². The number of amidine groups is 1. The molecular formula is C15H21N3O2. The number of carbonyl (C=O) groups excluding carboxylic acids is 1. The van der Waals surface area contributed by atoms with Crippen LogP contribution in [0.3, 0.4) is 0 Å². The summed E-state index contributed by atoms with van der Waals surface area (Å²) in [5.74, 6) is -0.275. The minimum atomic E-state index is -0.697. The van der Waals surface area contributed by atoms with Gasteiger partial charge >= 0.3 is 0 Å². The second-order valence-corrected chi connectivity index (χ2v) is 5.22. The molecule has 5 heteroatoms. The molecule has 1 amide bonds. The molecule has 20 heavy (non-hydrogen) atoms. The first-order valence-electron chi connectivity index (χ1n) is 6.98. The average Bonchev–Trinajstić information content (AvgIpc) is 2.97. The highest BCUT2D eigenvalue weighted by Gasteiger charge is 2.33. The van der Waals surface area contributed by atoms with Gasteiger partial charge in [0.05, 0.1) is 0 Å². The molecule has 0 radical (unpaired) electrons. The second kappa shape index (κ2) is 6.41. The molecule has 1 aliphatic heterocycles. The lowest BCUT2D eigenvalue weighted by atomic mass is 9.96. The van der Waals surface area contributed by atoms with Gasteiger partial charge in [-0.1, -0.05) is 48.8 Å². The Kier molecular flexibility index (Phi) is 4.61. The number of benzene rings is 1. The Balaban J connectivity index is 2.22. The summed E-state index contributed by atoms with van der Waals surface area (Å²) in [7, 11) is 0. The van der Waals surface area contributed by atoms with Crippen molar-refractivity contribution in [2.45, 2.75) is 25.7 Å². The molecule has 1 aromatic carbocycles. The summed E-state index contributed by atoms with van der Waals surface area (Å²) in [6, 6.07) is 9.22. The highest BCUT2D eigenvalue weighted by atomic mass is 16.4. The van der Waals surface area contributed by atoms with Gasteiger partial charge in [0.15, 0.2) is 5.84 Å². The highest BCUT2D eigenvalue weighted by Crippen LogP contribution is 2.25. The predicted octanol–water partition coefficient (Wildman–Crippen LogP) is 1.78. The van der Waals surface area contributed by atoms with E-state index >= 15 is 0 Å². The molecule has 3 N–H and O–H groups in total. The van der Waals surface area contributed by atoms with Crippen molar-refractivity contribution in [3.05, 3.63) is 35.9 Å². The Morgan fingerprint density at radius 3 is 2.75 bits per heavy atom. The number of nitrogens with two attached hydrogens (primary N) is 1. The van der Waals surface area contributed by atoms with Gasteiger partial charge in [0.25, 0.3) is 0 Å². The molecule has 0 bridgehead atoms. The highest BCUT2D eigenvalue weighted by molar-refractivity contribution is 6.07. The Morgan fingerprint density at radius 2 is 2.20 bits per heavy atom. The summed E-state index contributed by atoms with van der Waals surface area (Å²) < 4.78 is 0. The maximum Gasteiger partial charge on any atom is 0.237 e. The fourth-order valence-electron chi connectivity index (χ4n) is 2.69. The molecule has 1 saturated heterocycles. The zero-order chi connectivity index (χ0) is 14.5. The molecule has 2 rings (SSSR count). The van der Waals surface area contributed by atoms with Crippen LogP contribution in [0.25, 0.3) is 0 Å². The van der Waals surface area contributed by atoms with Crippen LogP contribution in [0.1, 0.15) is 31.2 Å². The summed E-state index contributed by atoms with van der Waals surface area (Å²) in [5.41, 5.74) is 6.49. The lowest BCUT2D eigenvalue weighted by Gasteiger charge is -2.23. The third-order valence-corrected chi connectivity index (χ3v) is 3.97. The van der Waals surface area contributed by atoms with Crippen LogP contribution in [0.2, 0.25) is 0 Å². The second-order valence-electron chi connectivity index (χ2n) is 5.22. The van der Waals surface area contributed by atoms with E-state index in [2.05, 4.69) is 12.1 Å². The van der Waals surface area contributed by atoms with Gasteiger partial charge in [0.2, 0.25) is 5.91 Å². The van der Waals surface area contributed by atoms with E-state index in [1.54, 1.807) is 0 Å². The van der Waals surface area contributed by atoms with Crippen LogP contribution in [0.4, 0.5) is 0 Å². The number of likely N-dealkylation sites (tertiary alicyclic amines) is 1. The summed E-state index contributed by atoms with van der Waals surface area (Å²) >= 11 is 0. The van der Waals surface area contributed by atoms with Crippen LogP contribution in [0.5, 0.6) is 0 Å². The van der Waals surface area contributed by atoms with Crippen molar-refractivity contribution in [3.63, 3.8) is 0 Å². The van der Waals surface area contributed by atoms with Crippen LogP contribution >= 0.6 is 0 Å². The maximum absolute atomic E-state index is 12.7. The molecule has 1 fully saturated rings. The van der Waals surface area contributed by atoms with Gasteiger partial charge in [0.1, 0.15) is 5.92 Å². The number of carbonyl (C=O) groups is 1. The van der Waals surface area contributed by atoms with Crippen molar-refractivity contribution < 1.29 is 10.0 Å². The van der Waals surface area contributed by atoms with Crippen LogP contribution in [0.15, 0.2) is 35.5 Å². The molecule has 0 aliphatic carbocycles. The van der Waals surface area contributed by atoms with Crippen LogP contribution < -0.4 is 5.73 Å². The van der Waals surface area contributed by atoms with E-state index in [0.717, 1.165) is 31.5 Å². The van der Waals surface area contributed by atoms with Gasteiger partial charge in [-0.2, -0.15) is 0 Å². The smallest absolute Gasteiger partial charge is 0.237 e. The molecule has 1 aromatic rings. The van der Waals surface area contributed by atoms with E-state index in [9.17, 15) is 4.79 Å². The van der Waals surface area contributed by atoms with Crippen molar-refractivity contribution in [2.24, 2.45) is 16.8 Å². The zero-order valence-electron chi connectivity index (χ0n) is 11.7. The van der Waals surface area contributed by atoms with Crippen LogP contribution in [-0.4, -0.2) is 34.9 Å². The Labute approximate surface area is 119 Å². The molecule has 0 spiro atoms. The standard InChI is InChI=1S/C15H21N3O2/c1-2-11-8-9-18(10-11)15(19)13(14(16)17-20)12-6-4-3-5-7-12/h3-7,11,13,20H,2,8-10H2,1H3,(H2,16,17). The third-order valence-electron chi connectivity index (χ3n) is 3.97. The van der Waals surface area contributed by atoms with E-state index in [0.29, 0.717) is 5.92 Å². The lowest BCUT2D eigenvalue weighted by Crippen LogP contribution is -2.39.